The van der Waals surface area contributed by atoms with Crippen LogP contribution < -0.4 is 5.32 Å². The summed E-state index contributed by atoms with van der Waals surface area (Å²) in [7, 11) is 0. The summed E-state index contributed by atoms with van der Waals surface area (Å²) in [6.45, 7) is 4.54. The molecule has 1 aliphatic heterocycles. The average Bonchev–Trinajstić information content (AvgIpc) is 2.47. The van der Waals surface area contributed by atoms with E-state index < -0.39 is 0 Å². The van der Waals surface area contributed by atoms with Crippen LogP contribution in [0, 0.1) is 6.92 Å². The van der Waals surface area contributed by atoms with Crippen molar-refractivity contribution in [1.29, 1.82) is 0 Å². The monoisotopic (exact) mass is 245 g/mol. The van der Waals surface area contributed by atoms with E-state index in [1.54, 1.807) is 0 Å². The zero-order chi connectivity index (χ0) is 9.26. The Morgan fingerprint density at radius 1 is 1.62 bits per heavy atom. The van der Waals surface area contributed by atoms with Crippen LogP contribution in [0.15, 0.2) is 15.2 Å². The number of nitrogens with one attached hydrogen (secondary N) is 1. The summed E-state index contributed by atoms with van der Waals surface area (Å²) in [6.07, 6.45) is 0.0695. The summed E-state index contributed by atoms with van der Waals surface area (Å²) >= 11 is 3.31. The Morgan fingerprint density at radius 3 is 3.00 bits per heavy atom. The van der Waals surface area contributed by atoms with Gasteiger partial charge in [-0.25, -0.2) is 0 Å². The van der Waals surface area contributed by atoms with E-state index in [0.29, 0.717) is 0 Å². The molecule has 1 aromatic heterocycles. The molecule has 1 aliphatic rings. The molecule has 4 heteroatoms. The van der Waals surface area contributed by atoms with Crippen LogP contribution in [0.3, 0.4) is 0 Å². The molecular weight excluding hydrogens is 234 g/mol. The van der Waals surface area contributed by atoms with Crippen molar-refractivity contribution in [2.45, 2.75) is 13.0 Å². The molecule has 0 bridgehead atoms. The number of halogens is 1. The molecule has 0 aromatic carbocycles. The molecule has 0 radical (unpaired) electrons. The van der Waals surface area contributed by atoms with Crippen LogP contribution in [0.4, 0.5) is 0 Å². The number of hydrogen-bond acceptors (Lipinski definition) is 3. The van der Waals surface area contributed by atoms with Gasteiger partial charge in [-0.3, -0.25) is 0 Å². The Labute approximate surface area is 85.6 Å². The van der Waals surface area contributed by atoms with Crippen molar-refractivity contribution < 1.29 is 9.15 Å². The van der Waals surface area contributed by atoms with Gasteiger partial charge in [0, 0.05) is 13.1 Å². The van der Waals surface area contributed by atoms with E-state index >= 15 is 0 Å². The van der Waals surface area contributed by atoms with Crippen LogP contribution in [0.5, 0.6) is 0 Å². The molecule has 2 heterocycles. The predicted octanol–water partition coefficient (Wildman–Crippen LogP) is 2.01. The van der Waals surface area contributed by atoms with Crippen LogP contribution in [-0.4, -0.2) is 19.7 Å². The van der Waals surface area contributed by atoms with Gasteiger partial charge in [0.05, 0.1) is 6.61 Å². The van der Waals surface area contributed by atoms with Crippen molar-refractivity contribution in [3.63, 3.8) is 0 Å². The molecule has 0 amide bonds. The number of rotatable bonds is 1. The van der Waals surface area contributed by atoms with Crippen molar-refractivity contribution in [3.05, 3.63) is 22.1 Å². The summed E-state index contributed by atoms with van der Waals surface area (Å²) in [5.41, 5.74) is 1.14. The topological polar surface area (TPSA) is 34.4 Å². The molecule has 1 saturated heterocycles. The van der Waals surface area contributed by atoms with Gasteiger partial charge in [-0.2, -0.15) is 0 Å². The van der Waals surface area contributed by atoms with Crippen molar-refractivity contribution >= 4 is 15.9 Å². The summed E-state index contributed by atoms with van der Waals surface area (Å²) in [5, 5.41) is 3.27. The quantitative estimate of drug-likeness (QED) is 0.823. The third-order valence-electron chi connectivity index (χ3n) is 2.15. The minimum Gasteiger partial charge on any atom is -0.451 e. The second kappa shape index (κ2) is 3.82. The van der Waals surface area contributed by atoms with Crippen LogP contribution in [0.2, 0.25) is 0 Å². The van der Waals surface area contributed by atoms with Crippen LogP contribution in [0.1, 0.15) is 17.4 Å². The second-order valence-electron chi connectivity index (χ2n) is 3.16. The Morgan fingerprint density at radius 2 is 2.46 bits per heavy atom. The fourth-order valence-corrected chi connectivity index (χ4v) is 2.03. The Bertz CT molecular complexity index is 292. The average molecular weight is 246 g/mol. The van der Waals surface area contributed by atoms with E-state index in [4.69, 9.17) is 9.15 Å². The lowest BCUT2D eigenvalue weighted by Crippen LogP contribution is -2.33. The SMILES string of the molecule is Cc1cc(Br)oc1C1CNCCO1. The molecule has 72 valence electrons. The van der Waals surface area contributed by atoms with Crippen molar-refractivity contribution in [2.75, 3.05) is 19.7 Å². The molecule has 0 aliphatic carbocycles. The summed E-state index contributed by atoms with van der Waals surface area (Å²) in [5.74, 6) is 0.930. The number of aryl methyl sites for hydroxylation is 1. The van der Waals surface area contributed by atoms with Gasteiger partial charge in [0.15, 0.2) is 4.67 Å². The third-order valence-corrected chi connectivity index (χ3v) is 2.54. The lowest BCUT2D eigenvalue weighted by atomic mass is 10.2. The number of furan rings is 1. The molecule has 3 nitrogen and oxygen atoms in total. The van der Waals surface area contributed by atoms with E-state index in [1.807, 2.05) is 13.0 Å². The zero-order valence-electron chi connectivity index (χ0n) is 7.47. The van der Waals surface area contributed by atoms with Gasteiger partial charge in [-0.1, -0.05) is 0 Å². The van der Waals surface area contributed by atoms with E-state index in [2.05, 4.69) is 21.2 Å². The molecule has 0 saturated carbocycles. The van der Waals surface area contributed by atoms with Gasteiger partial charge in [0.1, 0.15) is 11.9 Å². The fraction of sp³-hybridized carbons (Fsp3) is 0.556. The maximum atomic E-state index is 5.58. The lowest BCUT2D eigenvalue weighted by molar-refractivity contribution is 0.0133. The number of hydrogen-bond donors (Lipinski definition) is 1. The van der Waals surface area contributed by atoms with Gasteiger partial charge in [0.2, 0.25) is 0 Å². The van der Waals surface area contributed by atoms with Gasteiger partial charge in [0.25, 0.3) is 0 Å². The third kappa shape index (κ3) is 1.95. The Hall–Kier alpha value is -0.320. The molecule has 1 N–H and O–H groups in total. The van der Waals surface area contributed by atoms with Gasteiger partial charge >= 0.3 is 0 Å². The summed E-state index contributed by atoms with van der Waals surface area (Å²) in [6, 6.07) is 1.97. The summed E-state index contributed by atoms with van der Waals surface area (Å²) in [4.78, 5) is 0. The normalized spacial score (nSPS) is 23.4. The first-order valence-electron chi connectivity index (χ1n) is 4.35. The smallest absolute Gasteiger partial charge is 0.169 e. The van der Waals surface area contributed by atoms with Gasteiger partial charge < -0.3 is 14.5 Å². The second-order valence-corrected chi connectivity index (χ2v) is 3.94. The summed E-state index contributed by atoms with van der Waals surface area (Å²) < 4.78 is 11.9. The molecule has 2 rings (SSSR count). The first kappa shape index (κ1) is 9.24. The number of morpholine rings is 1. The van der Waals surface area contributed by atoms with Crippen molar-refractivity contribution in [1.82, 2.24) is 5.32 Å². The minimum atomic E-state index is 0.0695. The van der Waals surface area contributed by atoms with Gasteiger partial charge in [-0.05, 0) is 34.5 Å². The highest BCUT2D eigenvalue weighted by Crippen LogP contribution is 2.27. The molecule has 1 unspecified atom stereocenters. The highest BCUT2D eigenvalue weighted by Gasteiger charge is 2.21. The van der Waals surface area contributed by atoms with E-state index in [9.17, 15) is 0 Å². The highest BCUT2D eigenvalue weighted by molar-refractivity contribution is 9.10. The van der Waals surface area contributed by atoms with Crippen molar-refractivity contribution in [3.8, 4) is 0 Å². The molecule has 13 heavy (non-hydrogen) atoms. The zero-order valence-corrected chi connectivity index (χ0v) is 9.06. The molecule has 1 fully saturated rings. The Kier molecular flexibility index (Phi) is 2.71. The Balaban J connectivity index is 2.18. The van der Waals surface area contributed by atoms with Crippen molar-refractivity contribution in [2.24, 2.45) is 0 Å². The maximum absolute atomic E-state index is 5.58. The largest absolute Gasteiger partial charge is 0.451 e. The number of ether oxygens (including phenoxy) is 1. The standard InChI is InChI=1S/C9H12BrNO2/c1-6-4-8(10)13-9(6)7-5-11-2-3-12-7/h4,7,11H,2-3,5H2,1H3. The molecule has 1 aromatic rings. The van der Waals surface area contributed by atoms with Crippen LogP contribution >= 0.6 is 15.9 Å². The van der Waals surface area contributed by atoms with Gasteiger partial charge in [-0.15, -0.1) is 0 Å². The van der Waals surface area contributed by atoms with E-state index in [-0.39, 0.29) is 6.10 Å². The van der Waals surface area contributed by atoms with E-state index in [1.165, 1.54) is 0 Å². The first-order valence-corrected chi connectivity index (χ1v) is 5.15. The predicted molar refractivity (Wildman–Crippen MR) is 52.7 cm³/mol. The van der Waals surface area contributed by atoms with E-state index in [0.717, 1.165) is 35.7 Å². The van der Waals surface area contributed by atoms with Crippen LogP contribution in [-0.2, 0) is 4.74 Å². The highest BCUT2D eigenvalue weighted by atomic mass is 79.9. The molecule has 1 atom stereocenters. The maximum Gasteiger partial charge on any atom is 0.169 e. The fourth-order valence-electron chi connectivity index (χ4n) is 1.51. The molecule has 0 spiro atoms. The first-order chi connectivity index (χ1) is 6.27. The van der Waals surface area contributed by atoms with Crippen LogP contribution in [0.25, 0.3) is 0 Å². The minimum absolute atomic E-state index is 0.0695. The lowest BCUT2D eigenvalue weighted by Gasteiger charge is -2.22. The molecular formula is C9H12BrNO2.